The summed E-state index contributed by atoms with van der Waals surface area (Å²) in [5, 5.41) is 19.0. The van der Waals surface area contributed by atoms with E-state index in [4.69, 9.17) is 9.84 Å². The van der Waals surface area contributed by atoms with Gasteiger partial charge in [0.2, 0.25) is 0 Å². The van der Waals surface area contributed by atoms with Gasteiger partial charge in [-0.05, 0) is 61.2 Å². The molecule has 0 bridgehead atoms. The van der Waals surface area contributed by atoms with Crippen molar-refractivity contribution in [3.63, 3.8) is 0 Å². The van der Waals surface area contributed by atoms with Crippen LogP contribution in [-0.2, 0) is 4.74 Å². The van der Waals surface area contributed by atoms with E-state index in [0.29, 0.717) is 10.8 Å². The predicted octanol–water partition coefficient (Wildman–Crippen LogP) is 2.31. The molecule has 0 saturated heterocycles. The number of hydrogen-bond donors (Lipinski definition) is 2. The van der Waals surface area contributed by atoms with Gasteiger partial charge in [-0.2, -0.15) is 0 Å². The van der Waals surface area contributed by atoms with Gasteiger partial charge in [-0.25, -0.2) is 0 Å². The van der Waals surface area contributed by atoms with Gasteiger partial charge >= 0.3 is 0 Å². The van der Waals surface area contributed by atoms with Crippen LogP contribution < -0.4 is 0 Å². The summed E-state index contributed by atoms with van der Waals surface area (Å²) in [4.78, 5) is 0. The Morgan fingerprint density at radius 1 is 1.06 bits per heavy atom. The average Bonchev–Trinajstić information content (AvgIpc) is 2.28. The molecule has 1 spiro atoms. The molecule has 0 aromatic rings. The van der Waals surface area contributed by atoms with Crippen LogP contribution in [0.4, 0.5) is 0 Å². The van der Waals surface area contributed by atoms with Crippen LogP contribution in [0.1, 0.15) is 52.4 Å². The van der Waals surface area contributed by atoms with Crippen molar-refractivity contribution in [1.29, 1.82) is 0 Å². The predicted molar refractivity (Wildman–Crippen MR) is 68.9 cm³/mol. The Morgan fingerprint density at radius 3 is 2.39 bits per heavy atom. The van der Waals surface area contributed by atoms with Crippen LogP contribution in [0.2, 0.25) is 0 Å². The fraction of sp³-hybridized carbons (Fsp3) is 1.00. The second-order valence-electron chi connectivity index (χ2n) is 7.29. The van der Waals surface area contributed by atoms with E-state index in [1.807, 2.05) is 0 Å². The van der Waals surface area contributed by atoms with Gasteiger partial charge in [0.15, 0.2) is 0 Å². The molecule has 3 aliphatic carbocycles. The Hall–Kier alpha value is -0.120. The quantitative estimate of drug-likeness (QED) is 0.743. The first kappa shape index (κ1) is 12.9. The molecule has 0 aliphatic heterocycles. The van der Waals surface area contributed by atoms with E-state index in [-0.39, 0.29) is 19.0 Å². The van der Waals surface area contributed by atoms with Crippen LogP contribution in [0.5, 0.6) is 0 Å². The topological polar surface area (TPSA) is 49.7 Å². The second-order valence-corrected chi connectivity index (χ2v) is 7.29. The standard InChI is InChI=1S/C15H26O3/c1-14(2)12-5-3-10(17)7-15(12)8-11(18-9-16)4-6-13(14)15/h10-13,16-17H,3-9H2,1-2H3. The first-order valence-corrected chi connectivity index (χ1v) is 7.41. The van der Waals surface area contributed by atoms with Crippen LogP contribution in [0.3, 0.4) is 0 Å². The summed E-state index contributed by atoms with van der Waals surface area (Å²) in [6, 6.07) is 0. The summed E-state index contributed by atoms with van der Waals surface area (Å²) in [6.45, 7) is 4.65. The third-order valence-electron chi connectivity index (χ3n) is 6.28. The summed E-state index contributed by atoms with van der Waals surface area (Å²) < 4.78 is 5.46. The van der Waals surface area contributed by atoms with E-state index < -0.39 is 0 Å². The number of aliphatic hydroxyl groups excluding tert-OH is 2. The minimum atomic E-state index is -0.165. The third-order valence-corrected chi connectivity index (χ3v) is 6.28. The Bertz CT molecular complexity index is 318. The molecule has 5 atom stereocenters. The Balaban J connectivity index is 1.83. The van der Waals surface area contributed by atoms with Crippen LogP contribution in [0.15, 0.2) is 0 Å². The van der Waals surface area contributed by atoms with Crippen LogP contribution >= 0.6 is 0 Å². The van der Waals surface area contributed by atoms with Gasteiger partial charge in [0, 0.05) is 0 Å². The molecule has 0 aromatic heterocycles. The summed E-state index contributed by atoms with van der Waals surface area (Å²) in [5.74, 6) is 1.48. The van der Waals surface area contributed by atoms with Crippen molar-refractivity contribution in [2.75, 3.05) is 6.79 Å². The fourth-order valence-electron chi connectivity index (χ4n) is 5.87. The highest BCUT2D eigenvalue weighted by Crippen LogP contribution is 2.73. The molecule has 3 nitrogen and oxygen atoms in total. The zero-order valence-corrected chi connectivity index (χ0v) is 11.6. The first-order valence-electron chi connectivity index (χ1n) is 7.41. The zero-order chi connectivity index (χ0) is 13.0. The van der Waals surface area contributed by atoms with Crippen molar-refractivity contribution in [2.24, 2.45) is 22.7 Å². The van der Waals surface area contributed by atoms with Crippen LogP contribution in [-0.4, -0.2) is 29.2 Å². The summed E-state index contributed by atoms with van der Waals surface area (Å²) in [7, 11) is 0. The van der Waals surface area contributed by atoms with Gasteiger partial charge in [-0.1, -0.05) is 13.8 Å². The highest BCUT2D eigenvalue weighted by Gasteiger charge is 2.68. The van der Waals surface area contributed by atoms with Gasteiger partial charge in [0.25, 0.3) is 0 Å². The minimum Gasteiger partial charge on any atom is -0.393 e. The van der Waals surface area contributed by atoms with Crippen molar-refractivity contribution in [1.82, 2.24) is 0 Å². The van der Waals surface area contributed by atoms with Crippen molar-refractivity contribution >= 4 is 0 Å². The number of hydrogen-bond acceptors (Lipinski definition) is 3. The van der Waals surface area contributed by atoms with E-state index in [1.54, 1.807) is 0 Å². The minimum absolute atomic E-state index is 0.118. The largest absolute Gasteiger partial charge is 0.393 e. The molecular weight excluding hydrogens is 228 g/mol. The Labute approximate surface area is 110 Å². The molecule has 0 amide bonds. The summed E-state index contributed by atoms with van der Waals surface area (Å²) >= 11 is 0. The molecule has 2 N–H and O–H groups in total. The Kier molecular flexibility index (Phi) is 3.00. The molecule has 18 heavy (non-hydrogen) atoms. The van der Waals surface area contributed by atoms with Crippen LogP contribution in [0, 0.1) is 22.7 Å². The molecule has 3 aliphatic rings. The van der Waals surface area contributed by atoms with E-state index in [2.05, 4.69) is 13.8 Å². The lowest BCUT2D eigenvalue weighted by Crippen LogP contribution is -2.67. The van der Waals surface area contributed by atoms with Crippen molar-refractivity contribution in [3.8, 4) is 0 Å². The molecule has 3 fully saturated rings. The highest BCUT2D eigenvalue weighted by molar-refractivity contribution is 5.16. The lowest BCUT2D eigenvalue weighted by Gasteiger charge is -2.72. The molecular formula is C15H26O3. The molecule has 3 rings (SSSR count). The lowest BCUT2D eigenvalue weighted by molar-refractivity contribution is -0.262. The van der Waals surface area contributed by atoms with Crippen molar-refractivity contribution in [2.45, 2.75) is 64.6 Å². The van der Waals surface area contributed by atoms with Gasteiger partial charge in [-0.15, -0.1) is 0 Å². The Morgan fingerprint density at radius 2 is 1.72 bits per heavy atom. The van der Waals surface area contributed by atoms with Gasteiger partial charge in [0.05, 0.1) is 12.2 Å². The molecule has 3 saturated carbocycles. The van der Waals surface area contributed by atoms with Crippen LogP contribution in [0.25, 0.3) is 0 Å². The first-order chi connectivity index (χ1) is 8.50. The molecule has 3 heteroatoms. The molecule has 5 unspecified atom stereocenters. The summed E-state index contributed by atoms with van der Waals surface area (Å²) in [6.07, 6.45) is 6.48. The fourth-order valence-corrected chi connectivity index (χ4v) is 5.87. The SMILES string of the molecule is CC1(C)C2CCC(O)CC23CC(OCO)CCC13. The molecule has 104 valence electrons. The lowest BCUT2D eigenvalue weighted by atomic mass is 9.33. The normalized spacial score (nSPS) is 50.0. The maximum absolute atomic E-state index is 10.1. The van der Waals surface area contributed by atoms with E-state index >= 15 is 0 Å². The smallest absolute Gasteiger partial charge is 0.143 e. The number of ether oxygens (including phenoxy) is 1. The van der Waals surface area contributed by atoms with E-state index in [0.717, 1.165) is 43.9 Å². The van der Waals surface area contributed by atoms with E-state index in [1.165, 1.54) is 6.42 Å². The molecule has 0 aromatic carbocycles. The monoisotopic (exact) mass is 254 g/mol. The van der Waals surface area contributed by atoms with Gasteiger partial charge in [-0.3, -0.25) is 0 Å². The maximum Gasteiger partial charge on any atom is 0.143 e. The zero-order valence-electron chi connectivity index (χ0n) is 11.6. The average molecular weight is 254 g/mol. The highest BCUT2D eigenvalue weighted by atomic mass is 16.6. The van der Waals surface area contributed by atoms with Gasteiger partial charge in [0.1, 0.15) is 6.79 Å². The van der Waals surface area contributed by atoms with Crippen molar-refractivity contribution in [3.05, 3.63) is 0 Å². The van der Waals surface area contributed by atoms with Gasteiger partial charge < -0.3 is 14.9 Å². The summed E-state index contributed by atoms with van der Waals surface area (Å²) in [5.41, 5.74) is 0.740. The molecule has 0 radical (unpaired) electrons. The third kappa shape index (κ3) is 1.60. The second kappa shape index (κ2) is 4.19. The number of rotatable bonds is 2. The van der Waals surface area contributed by atoms with Crippen molar-refractivity contribution < 1.29 is 14.9 Å². The molecule has 0 heterocycles. The maximum atomic E-state index is 10.1. The van der Waals surface area contributed by atoms with E-state index in [9.17, 15) is 5.11 Å². The number of aliphatic hydroxyl groups is 2.